The number of aliphatic imine (C=N–C) groups is 1. The highest BCUT2D eigenvalue weighted by molar-refractivity contribution is 6.37. The third-order valence-electron chi connectivity index (χ3n) is 1.68. The summed E-state index contributed by atoms with van der Waals surface area (Å²) in [7, 11) is 3.10. The predicted octanol–water partition coefficient (Wildman–Crippen LogP) is 2.16. The number of aromatic nitrogens is 1. The summed E-state index contributed by atoms with van der Waals surface area (Å²) in [5.41, 5.74) is 6.43. The van der Waals surface area contributed by atoms with Gasteiger partial charge < -0.3 is 10.5 Å². The van der Waals surface area contributed by atoms with E-state index in [4.69, 9.17) is 15.9 Å². The van der Waals surface area contributed by atoms with Crippen LogP contribution in [0.15, 0.2) is 17.3 Å². The SMILES string of the molecule is CCC.CN=CC(=N)c1ccnc(N)c1OC. The van der Waals surface area contributed by atoms with E-state index in [0.29, 0.717) is 11.3 Å². The van der Waals surface area contributed by atoms with Gasteiger partial charge in [0.15, 0.2) is 11.6 Å². The summed E-state index contributed by atoms with van der Waals surface area (Å²) in [6, 6.07) is 1.67. The number of rotatable bonds is 3. The molecular formula is C12H20N4O. The van der Waals surface area contributed by atoms with E-state index in [9.17, 15) is 0 Å². The van der Waals surface area contributed by atoms with Crippen molar-refractivity contribution < 1.29 is 4.74 Å². The van der Waals surface area contributed by atoms with Crippen molar-refractivity contribution in [3.8, 4) is 5.75 Å². The minimum absolute atomic E-state index is 0.249. The van der Waals surface area contributed by atoms with Gasteiger partial charge in [-0.15, -0.1) is 0 Å². The molecule has 0 aliphatic rings. The van der Waals surface area contributed by atoms with Gasteiger partial charge in [-0.2, -0.15) is 0 Å². The smallest absolute Gasteiger partial charge is 0.170 e. The zero-order valence-corrected chi connectivity index (χ0v) is 10.8. The van der Waals surface area contributed by atoms with E-state index in [0.717, 1.165) is 0 Å². The Kier molecular flexibility index (Phi) is 7.34. The molecule has 0 aliphatic heterocycles. The third kappa shape index (κ3) is 4.63. The molecule has 0 fully saturated rings. The van der Waals surface area contributed by atoms with E-state index in [1.54, 1.807) is 13.1 Å². The molecular weight excluding hydrogens is 216 g/mol. The van der Waals surface area contributed by atoms with Crippen molar-refractivity contribution in [1.82, 2.24) is 4.98 Å². The van der Waals surface area contributed by atoms with E-state index < -0.39 is 0 Å². The van der Waals surface area contributed by atoms with Gasteiger partial charge in [0.2, 0.25) is 0 Å². The van der Waals surface area contributed by atoms with Gasteiger partial charge in [-0.1, -0.05) is 20.3 Å². The van der Waals surface area contributed by atoms with E-state index in [-0.39, 0.29) is 11.5 Å². The average Bonchev–Trinajstić information content (AvgIpc) is 2.30. The van der Waals surface area contributed by atoms with Crippen LogP contribution >= 0.6 is 0 Å². The Bertz CT molecular complexity index is 388. The van der Waals surface area contributed by atoms with Crippen molar-refractivity contribution in [2.75, 3.05) is 19.9 Å². The molecule has 0 spiro atoms. The van der Waals surface area contributed by atoms with Crippen molar-refractivity contribution in [3.05, 3.63) is 17.8 Å². The molecule has 0 saturated carbocycles. The second-order valence-corrected chi connectivity index (χ2v) is 3.29. The molecule has 0 aliphatic carbocycles. The van der Waals surface area contributed by atoms with E-state index >= 15 is 0 Å². The van der Waals surface area contributed by atoms with Crippen LogP contribution in [0, 0.1) is 5.41 Å². The number of nitrogens with one attached hydrogen (secondary N) is 1. The van der Waals surface area contributed by atoms with E-state index in [1.165, 1.54) is 25.9 Å². The molecule has 1 aromatic heterocycles. The molecule has 0 amide bonds. The third-order valence-corrected chi connectivity index (χ3v) is 1.68. The first-order valence-corrected chi connectivity index (χ1v) is 5.41. The van der Waals surface area contributed by atoms with Crippen LogP contribution in [0.5, 0.6) is 5.75 Å². The summed E-state index contributed by atoms with van der Waals surface area (Å²) in [6.07, 6.45) is 4.21. The standard InChI is InChI=1S/C9H12N4O.C3H8/c1-12-5-7(10)6-3-4-13-9(11)8(6)14-2;1-3-2/h3-5,10H,1-2H3,(H2,11,13);3H2,1-2H3. The molecule has 0 atom stereocenters. The Morgan fingerprint density at radius 1 is 1.59 bits per heavy atom. The molecule has 5 heteroatoms. The Morgan fingerprint density at radius 2 is 2.18 bits per heavy atom. The van der Waals surface area contributed by atoms with Crippen LogP contribution in [0.4, 0.5) is 5.82 Å². The van der Waals surface area contributed by atoms with Crippen LogP contribution in [0.1, 0.15) is 25.8 Å². The zero-order valence-electron chi connectivity index (χ0n) is 10.8. The molecule has 5 nitrogen and oxygen atoms in total. The number of pyridine rings is 1. The lowest BCUT2D eigenvalue weighted by atomic mass is 10.1. The normalized spacial score (nSPS) is 9.65. The van der Waals surface area contributed by atoms with Gasteiger partial charge in [0.1, 0.15) is 0 Å². The number of nitrogens with zero attached hydrogens (tertiary/aromatic N) is 2. The molecule has 17 heavy (non-hydrogen) atoms. The Hall–Kier alpha value is -1.91. The molecule has 3 N–H and O–H groups in total. The molecule has 94 valence electrons. The van der Waals surface area contributed by atoms with Gasteiger partial charge >= 0.3 is 0 Å². The summed E-state index contributed by atoms with van der Waals surface area (Å²) in [6.45, 7) is 4.25. The maximum Gasteiger partial charge on any atom is 0.170 e. The van der Waals surface area contributed by atoms with Crippen molar-refractivity contribution in [3.63, 3.8) is 0 Å². The first-order chi connectivity index (χ1) is 8.12. The van der Waals surface area contributed by atoms with Crippen LogP contribution in [-0.4, -0.2) is 31.1 Å². The molecule has 1 heterocycles. The topological polar surface area (TPSA) is 84.4 Å². The van der Waals surface area contributed by atoms with Gasteiger partial charge in [-0.3, -0.25) is 10.4 Å². The number of hydrogen-bond donors (Lipinski definition) is 2. The summed E-state index contributed by atoms with van der Waals surface area (Å²) in [5.74, 6) is 0.691. The van der Waals surface area contributed by atoms with Gasteiger partial charge in [-0.05, 0) is 6.07 Å². The lowest BCUT2D eigenvalue weighted by Gasteiger charge is -2.08. The lowest BCUT2D eigenvalue weighted by Crippen LogP contribution is -2.06. The van der Waals surface area contributed by atoms with Crippen LogP contribution in [0.25, 0.3) is 0 Å². The van der Waals surface area contributed by atoms with Crippen LogP contribution in [-0.2, 0) is 0 Å². The Morgan fingerprint density at radius 3 is 2.65 bits per heavy atom. The first-order valence-electron chi connectivity index (χ1n) is 5.41. The summed E-state index contributed by atoms with van der Waals surface area (Å²) in [5, 5.41) is 7.66. The van der Waals surface area contributed by atoms with Gasteiger partial charge in [-0.25, -0.2) is 4.98 Å². The summed E-state index contributed by atoms with van der Waals surface area (Å²) >= 11 is 0. The maximum atomic E-state index is 7.66. The molecule has 0 bridgehead atoms. The van der Waals surface area contributed by atoms with Gasteiger partial charge in [0.05, 0.1) is 12.8 Å². The number of nitrogens with two attached hydrogens (primary N) is 1. The summed E-state index contributed by atoms with van der Waals surface area (Å²) in [4.78, 5) is 7.62. The van der Waals surface area contributed by atoms with Crippen LogP contribution in [0.3, 0.4) is 0 Å². The van der Waals surface area contributed by atoms with Crippen LogP contribution in [0.2, 0.25) is 0 Å². The number of anilines is 1. The van der Waals surface area contributed by atoms with Crippen LogP contribution < -0.4 is 10.5 Å². The fraction of sp³-hybridized carbons (Fsp3) is 0.417. The zero-order chi connectivity index (χ0) is 13.3. The number of hydrogen-bond acceptors (Lipinski definition) is 5. The quantitative estimate of drug-likeness (QED) is 0.789. The molecule has 0 unspecified atom stereocenters. The minimum Gasteiger partial charge on any atom is -0.492 e. The molecule has 1 rings (SSSR count). The van der Waals surface area contributed by atoms with E-state index in [2.05, 4.69) is 23.8 Å². The highest BCUT2D eigenvalue weighted by Crippen LogP contribution is 2.23. The maximum absolute atomic E-state index is 7.66. The fourth-order valence-corrected chi connectivity index (χ4v) is 1.09. The highest BCUT2D eigenvalue weighted by Gasteiger charge is 2.10. The molecule has 0 saturated heterocycles. The largest absolute Gasteiger partial charge is 0.492 e. The van der Waals surface area contributed by atoms with Crippen molar-refractivity contribution in [2.45, 2.75) is 20.3 Å². The average molecular weight is 236 g/mol. The lowest BCUT2D eigenvalue weighted by molar-refractivity contribution is 0.414. The van der Waals surface area contributed by atoms with Crippen molar-refractivity contribution in [1.29, 1.82) is 5.41 Å². The van der Waals surface area contributed by atoms with Gasteiger partial charge in [0.25, 0.3) is 0 Å². The Balaban J connectivity index is 0.000000770. The minimum atomic E-state index is 0.249. The molecule has 0 radical (unpaired) electrons. The monoisotopic (exact) mass is 236 g/mol. The van der Waals surface area contributed by atoms with Gasteiger partial charge in [0, 0.05) is 25.0 Å². The summed E-state index contributed by atoms with van der Waals surface area (Å²) < 4.78 is 5.05. The Labute approximate surface area is 102 Å². The fourth-order valence-electron chi connectivity index (χ4n) is 1.09. The van der Waals surface area contributed by atoms with Crippen molar-refractivity contribution in [2.24, 2.45) is 4.99 Å². The number of methoxy groups -OCH3 is 1. The predicted molar refractivity (Wildman–Crippen MR) is 72.4 cm³/mol. The number of ether oxygens (including phenoxy) is 1. The highest BCUT2D eigenvalue weighted by atomic mass is 16.5. The number of nitrogen functional groups attached to an aromatic ring is 1. The van der Waals surface area contributed by atoms with E-state index in [1.807, 2.05) is 0 Å². The second kappa shape index (κ2) is 8.27. The molecule has 0 aromatic carbocycles. The second-order valence-electron chi connectivity index (χ2n) is 3.29. The molecule has 1 aromatic rings. The first kappa shape index (κ1) is 15.1. The van der Waals surface area contributed by atoms with Crippen molar-refractivity contribution >= 4 is 17.7 Å².